The highest BCUT2D eigenvalue weighted by atomic mass is 16.6. The van der Waals surface area contributed by atoms with Gasteiger partial charge in [0, 0.05) is 57.1 Å². The first kappa shape index (κ1) is 25.3. The minimum atomic E-state index is -0.528. The highest BCUT2D eigenvalue weighted by molar-refractivity contribution is 5.96. The molecule has 0 aliphatic carbocycles. The SMILES string of the molecule is COc1cc(-c2cn(C)c(=O)c3cnccc23)cc(OC)c1OC1CCN(C(=O)OC(C)(C)C)CC1. The van der Waals surface area contributed by atoms with Crippen LogP contribution in [0.15, 0.2) is 41.6 Å². The van der Waals surface area contributed by atoms with Crippen LogP contribution in [0.1, 0.15) is 33.6 Å². The summed E-state index contributed by atoms with van der Waals surface area (Å²) in [5.74, 6) is 1.56. The smallest absolute Gasteiger partial charge is 0.410 e. The average Bonchev–Trinajstić information content (AvgIpc) is 2.85. The van der Waals surface area contributed by atoms with Crippen LogP contribution in [-0.4, -0.2) is 59.6 Å². The van der Waals surface area contributed by atoms with Crippen molar-refractivity contribution < 1.29 is 23.7 Å². The Morgan fingerprint density at radius 2 is 1.69 bits per heavy atom. The number of pyridine rings is 2. The van der Waals surface area contributed by atoms with E-state index in [1.165, 1.54) is 0 Å². The van der Waals surface area contributed by atoms with Crippen molar-refractivity contribution in [3.8, 4) is 28.4 Å². The number of fused-ring (bicyclic) bond motifs is 1. The van der Waals surface area contributed by atoms with Crippen molar-refractivity contribution in [2.75, 3.05) is 27.3 Å². The highest BCUT2D eigenvalue weighted by Crippen LogP contribution is 2.43. The first-order valence-corrected chi connectivity index (χ1v) is 12.0. The van der Waals surface area contributed by atoms with Crippen LogP contribution in [0.4, 0.5) is 4.79 Å². The van der Waals surface area contributed by atoms with E-state index in [2.05, 4.69) is 4.98 Å². The summed E-state index contributed by atoms with van der Waals surface area (Å²) in [5, 5.41) is 1.33. The second-order valence-corrected chi connectivity index (χ2v) is 9.87. The number of nitrogens with zero attached hydrogens (tertiary/aromatic N) is 3. The van der Waals surface area contributed by atoms with E-state index in [9.17, 15) is 9.59 Å². The average molecular weight is 496 g/mol. The van der Waals surface area contributed by atoms with Crippen molar-refractivity contribution in [2.45, 2.75) is 45.3 Å². The van der Waals surface area contributed by atoms with Crippen LogP contribution in [0.2, 0.25) is 0 Å². The molecule has 36 heavy (non-hydrogen) atoms. The Morgan fingerprint density at radius 3 is 2.28 bits per heavy atom. The van der Waals surface area contributed by atoms with E-state index < -0.39 is 5.60 Å². The van der Waals surface area contributed by atoms with Gasteiger partial charge in [-0.05, 0) is 49.9 Å². The summed E-state index contributed by atoms with van der Waals surface area (Å²) in [4.78, 5) is 30.8. The van der Waals surface area contributed by atoms with Crippen molar-refractivity contribution in [1.29, 1.82) is 0 Å². The lowest BCUT2D eigenvalue weighted by Gasteiger charge is -2.34. The van der Waals surface area contributed by atoms with E-state index >= 15 is 0 Å². The molecule has 0 bridgehead atoms. The molecule has 1 amide bonds. The normalized spacial score (nSPS) is 14.6. The molecule has 1 fully saturated rings. The molecule has 1 saturated heterocycles. The third-order valence-electron chi connectivity index (χ3n) is 6.13. The molecule has 9 heteroatoms. The number of aromatic nitrogens is 2. The minimum Gasteiger partial charge on any atom is -0.493 e. The van der Waals surface area contributed by atoms with Gasteiger partial charge in [0.15, 0.2) is 11.5 Å². The van der Waals surface area contributed by atoms with Gasteiger partial charge in [-0.1, -0.05) is 0 Å². The predicted molar refractivity (Wildman–Crippen MR) is 137 cm³/mol. The van der Waals surface area contributed by atoms with E-state index in [4.69, 9.17) is 18.9 Å². The summed E-state index contributed by atoms with van der Waals surface area (Å²) >= 11 is 0. The number of hydrogen-bond donors (Lipinski definition) is 0. The Labute approximate surface area is 210 Å². The van der Waals surface area contributed by atoms with Crippen LogP contribution in [0, 0.1) is 0 Å². The molecule has 0 saturated carbocycles. The van der Waals surface area contributed by atoms with Crippen molar-refractivity contribution >= 4 is 16.9 Å². The number of likely N-dealkylation sites (tertiary alicyclic amines) is 1. The number of hydrogen-bond acceptors (Lipinski definition) is 7. The molecule has 9 nitrogen and oxygen atoms in total. The molecule has 0 radical (unpaired) electrons. The zero-order chi connectivity index (χ0) is 26.0. The maximum Gasteiger partial charge on any atom is 0.410 e. The van der Waals surface area contributed by atoms with Crippen molar-refractivity contribution in [2.24, 2.45) is 7.05 Å². The molecule has 0 unspecified atom stereocenters. The third-order valence-corrected chi connectivity index (χ3v) is 6.13. The molecule has 4 rings (SSSR count). The Kier molecular flexibility index (Phi) is 7.10. The summed E-state index contributed by atoms with van der Waals surface area (Å²) in [5.41, 5.74) is 1.03. The molecule has 3 heterocycles. The van der Waals surface area contributed by atoms with Crippen LogP contribution < -0.4 is 19.8 Å². The number of carbonyl (C=O) groups is 1. The minimum absolute atomic E-state index is 0.109. The number of aryl methyl sites for hydroxylation is 1. The standard InChI is InChI=1S/C27H33N3O6/c1-27(2,3)36-26(32)30-11-8-18(9-12-30)35-24-22(33-5)13-17(14-23(24)34-6)21-16-29(4)25(31)20-15-28-10-7-19(20)21/h7,10,13-16,18H,8-9,11-12H2,1-6H3. The topological polar surface area (TPSA) is 92.1 Å². The molecular formula is C27H33N3O6. The number of piperidine rings is 1. The molecule has 1 aliphatic rings. The van der Waals surface area contributed by atoms with E-state index in [0.29, 0.717) is 48.6 Å². The van der Waals surface area contributed by atoms with Crippen molar-refractivity contribution in [3.63, 3.8) is 0 Å². The maximum atomic E-state index is 12.6. The van der Waals surface area contributed by atoms with Gasteiger partial charge in [0.25, 0.3) is 5.56 Å². The summed E-state index contributed by atoms with van der Waals surface area (Å²) in [6.07, 6.45) is 5.95. The summed E-state index contributed by atoms with van der Waals surface area (Å²) in [7, 11) is 4.88. The van der Waals surface area contributed by atoms with Gasteiger partial charge in [-0.3, -0.25) is 9.78 Å². The second-order valence-electron chi connectivity index (χ2n) is 9.87. The first-order chi connectivity index (χ1) is 17.1. The molecule has 1 aliphatic heterocycles. The zero-order valence-electron chi connectivity index (χ0n) is 21.7. The number of methoxy groups -OCH3 is 2. The van der Waals surface area contributed by atoms with E-state index in [1.807, 2.05) is 39.0 Å². The highest BCUT2D eigenvalue weighted by Gasteiger charge is 2.29. The number of rotatable bonds is 5. The molecule has 0 N–H and O–H groups in total. The van der Waals surface area contributed by atoms with Gasteiger partial charge in [0.2, 0.25) is 5.75 Å². The van der Waals surface area contributed by atoms with Crippen LogP contribution in [0.3, 0.4) is 0 Å². The predicted octanol–water partition coefficient (Wildman–Crippen LogP) is 4.40. The lowest BCUT2D eigenvalue weighted by atomic mass is 10.0. The number of amides is 1. The van der Waals surface area contributed by atoms with Crippen molar-refractivity contribution in [1.82, 2.24) is 14.5 Å². The Morgan fingerprint density at radius 1 is 1.06 bits per heavy atom. The van der Waals surface area contributed by atoms with E-state index in [1.54, 1.807) is 49.3 Å². The summed E-state index contributed by atoms with van der Waals surface area (Å²) in [6, 6.07) is 5.59. The van der Waals surface area contributed by atoms with Gasteiger partial charge in [-0.25, -0.2) is 4.79 Å². The fraction of sp³-hybridized carbons (Fsp3) is 0.444. The Balaban J connectivity index is 1.60. The van der Waals surface area contributed by atoms with Gasteiger partial charge in [-0.15, -0.1) is 0 Å². The molecule has 1 aromatic carbocycles. The first-order valence-electron chi connectivity index (χ1n) is 12.0. The largest absolute Gasteiger partial charge is 0.493 e. The molecular weight excluding hydrogens is 462 g/mol. The van der Waals surface area contributed by atoms with Crippen LogP contribution in [0.5, 0.6) is 17.2 Å². The number of benzene rings is 1. The fourth-order valence-corrected chi connectivity index (χ4v) is 4.34. The van der Waals surface area contributed by atoms with E-state index in [-0.39, 0.29) is 17.8 Å². The number of carbonyl (C=O) groups excluding carboxylic acids is 1. The quantitative estimate of drug-likeness (QED) is 0.518. The van der Waals surface area contributed by atoms with Gasteiger partial charge in [0.1, 0.15) is 11.7 Å². The Hall–Kier alpha value is -3.75. The third kappa shape index (κ3) is 5.24. The monoisotopic (exact) mass is 495 g/mol. The van der Waals surface area contributed by atoms with Gasteiger partial charge in [-0.2, -0.15) is 0 Å². The van der Waals surface area contributed by atoms with E-state index in [0.717, 1.165) is 16.5 Å². The maximum absolute atomic E-state index is 12.6. The van der Waals surface area contributed by atoms with Crippen molar-refractivity contribution in [3.05, 3.63) is 47.1 Å². The Bertz CT molecular complexity index is 1290. The fourth-order valence-electron chi connectivity index (χ4n) is 4.34. The summed E-state index contributed by atoms with van der Waals surface area (Å²) < 4.78 is 24.8. The second kappa shape index (κ2) is 10.1. The molecule has 3 aromatic rings. The van der Waals surface area contributed by atoms with Gasteiger partial charge < -0.3 is 28.4 Å². The summed E-state index contributed by atoms with van der Waals surface area (Å²) in [6.45, 7) is 6.66. The zero-order valence-corrected chi connectivity index (χ0v) is 21.7. The van der Waals surface area contributed by atoms with Crippen LogP contribution >= 0.6 is 0 Å². The van der Waals surface area contributed by atoms with Gasteiger partial charge >= 0.3 is 6.09 Å². The van der Waals surface area contributed by atoms with Gasteiger partial charge in [0.05, 0.1) is 19.6 Å². The molecule has 0 spiro atoms. The number of ether oxygens (including phenoxy) is 4. The van der Waals surface area contributed by atoms with Crippen LogP contribution in [0.25, 0.3) is 21.9 Å². The lowest BCUT2D eigenvalue weighted by Crippen LogP contribution is -2.44. The molecule has 192 valence electrons. The van der Waals surface area contributed by atoms with Crippen LogP contribution in [-0.2, 0) is 11.8 Å². The lowest BCUT2D eigenvalue weighted by molar-refractivity contribution is 0.0122. The molecule has 2 aromatic heterocycles. The molecule has 0 atom stereocenters.